The standard InChI is InChI=1S/C21H27NO9S/c1-28-14-8-18(30-3)21(19(9-14)31-4)16(23)12-32(26,27)11-13-5-6-17(29-2)15(7-13)22-10-20(24)25/h5-9,16,22-23H,10-12H2,1-4H3,(H,24,25). The molecule has 0 aliphatic carbocycles. The molecule has 0 saturated heterocycles. The molecule has 0 aliphatic heterocycles. The molecule has 1 unspecified atom stereocenters. The van der Waals surface area contributed by atoms with Crippen molar-refractivity contribution in [3.05, 3.63) is 41.5 Å². The zero-order chi connectivity index (χ0) is 23.9. The molecule has 0 fully saturated rings. The number of anilines is 1. The van der Waals surface area contributed by atoms with E-state index in [1.54, 1.807) is 12.1 Å². The number of nitrogens with one attached hydrogen (secondary N) is 1. The lowest BCUT2D eigenvalue weighted by Crippen LogP contribution is -2.18. The predicted molar refractivity (Wildman–Crippen MR) is 118 cm³/mol. The Morgan fingerprint density at radius 1 is 0.969 bits per heavy atom. The second-order valence-electron chi connectivity index (χ2n) is 6.80. The Kier molecular flexibility index (Phi) is 8.56. The van der Waals surface area contributed by atoms with Crippen LogP contribution in [0.4, 0.5) is 5.69 Å². The van der Waals surface area contributed by atoms with Gasteiger partial charge in [0.05, 0.1) is 51.2 Å². The van der Waals surface area contributed by atoms with Crippen molar-refractivity contribution in [2.24, 2.45) is 0 Å². The van der Waals surface area contributed by atoms with Crippen LogP contribution >= 0.6 is 0 Å². The number of aliphatic hydroxyl groups excluding tert-OH is 1. The van der Waals surface area contributed by atoms with Crippen LogP contribution in [-0.4, -0.2) is 65.3 Å². The molecule has 0 spiro atoms. The minimum Gasteiger partial charge on any atom is -0.496 e. The van der Waals surface area contributed by atoms with Crippen molar-refractivity contribution in [2.45, 2.75) is 11.9 Å². The SMILES string of the molecule is COc1cc(OC)c(C(O)CS(=O)(=O)Cc2ccc(OC)c(NCC(=O)O)c2)c(OC)c1. The highest BCUT2D eigenvalue weighted by atomic mass is 32.2. The van der Waals surface area contributed by atoms with Gasteiger partial charge >= 0.3 is 5.97 Å². The number of rotatable bonds is 12. The maximum atomic E-state index is 12.8. The van der Waals surface area contributed by atoms with Crippen LogP contribution in [0.5, 0.6) is 23.0 Å². The van der Waals surface area contributed by atoms with Crippen LogP contribution in [0.15, 0.2) is 30.3 Å². The molecule has 0 bridgehead atoms. The van der Waals surface area contributed by atoms with E-state index in [9.17, 15) is 18.3 Å². The summed E-state index contributed by atoms with van der Waals surface area (Å²) in [4.78, 5) is 10.8. The van der Waals surface area contributed by atoms with Gasteiger partial charge in [-0.2, -0.15) is 0 Å². The molecule has 3 N–H and O–H groups in total. The van der Waals surface area contributed by atoms with Gasteiger partial charge in [-0.3, -0.25) is 4.79 Å². The van der Waals surface area contributed by atoms with Gasteiger partial charge in [-0.05, 0) is 17.7 Å². The van der Waals surface area contributed by atoms with Gasteiger partial charge in [-0.15, -0.1) is 0 Å². The van der Waals surface area contributed by atoms with E-state index < -0.39 is 27.7 Å². The zero-order valence-electron chi connectivity index (χ0n) is 18.2. The molecule has 11 heteroatoms. The molecule has 0 heterocycles. The van der Waals surface area contributed by atoms with Crippen LogP contribution < -0.4 is 24.3 Å². The minimum atomic E-state index is -3.79. The molecular formula is C21H27NO9S. The molecule has 32 heavy (non-hydrogen) atoms. The van der Waals surface area contributed by atoms with E-state index in [4.69, 9.17) is 24.1 Å². The lowest BCUT2D eigenvalue weighted by molar-refractivity contribution is -0.134. The number of methoxy groups -OCH3 is 4. The molecule has 0 saturated carbocycles. The normalized spacial score (nSPS) is 12.0. The van der Waals surface area contributed by atoms with E-state index in [0.717, 1.165) is 0 Å². The smallest absolute Gasteiger partial charge is 0.322 e. The van der Waals surface area contributed by atoms with E-state index >= 15 is 0 Å². The van der Waals surface area contributed by atoms with Crippen LogP contribution in [0.3, 0.4) is 0 Å². The van der Waals surface area contributed by atoms with Gasteiger partial charge in [-0.25, -0.2) is 8.42 Å². The second kappa shape index (κ2) is 10.9. The van der Waals surface area contributed by atoms with Gasteiger partial charge < -0.3 is 34.5 Å². The summed E-state index contributed by atoms with van der Waals surface area (Å²) >= 11 is 0. The Balaban J connectivity index is 2.27. The lowest BCUT2D eigenvalue weighted by atomic mass is 10.1. The average molecular weight is 470 g/mol. The monoisotopic (exact) mass is 469 g/mol. The molecule has 2 aromatic carbocycles. The van der Waals surface area contributed by atoms with E-state index in [0.29, 0.717) is 22.7 Å². The first-order valence-corrected chi connectivity index (χ1v) is 11.3. The maximum Gasteiger partial charge on any atom is 0.322 e. The summed E-state index contributed by atoms with van der Waals surface area (Å²) in [7, 11) is 1.87. The number of ether oxygens (including phenoxy) is 4. The van der Waals surface area contributed by atoms with Gasteiger partial charge in [0.15, 0.2) is 9.84 Å². The molecule has 0 radical (unpaired) electrons. The van der Waals surface area contributed by atoms with Crippen molar-refractivity contribution in [3.8, 4) is 23.0 Å². The summed E-state index contributed by atoms with van der Waals surface area (Å²) < 4.78 is 46.6. The molecule has 2 rings (SSSR count). The van der Waals surface area contributed by atoms with Crippen molar-refractivity contribution < 1.29 is 42.4 Å². The number of aliphatic carboxylic acids is 1. The number of carboxylic acids is 1. The van der Waals surface area contributed by atoms with Crippen LogP contribution in [0.1, 0.15) is 17.2 Å². The van der Waals surface area contributed by atoms with E-state index in [2.05, 4.69) is 5.32 Å². The van der Waals surface area contributed by atoms with Gasteiger partial charge in [0, 0.05) is 12.1 Å². The Hall–Kier alpha value is -3.18. The quantitative estimate of drug-likeness (QED) is 0.422. The Morgan fingerprint density at radius 3 is 2.06 bits per heavy atom. The van der Waals surface area contributed by atoms with Crippen molar-refractivity contribution in [1.82, 2.24) is 0 Å². The van der Waals surface area contributed by atoms with Gasteiger partial charge in [-0.1, -0.05) is 6.07 Å². The summed E-state index contributed by atoms with van der Waals surface area (Å²) in [6.45, 7) is -0.359. The van der Waals surface area contributed by atoms with Crippen molar-refractivity contribution in [1.29, 1.82) is 0 Å². The fourth-order valence-corrected chi connectivity index (χ4v) is 4.60. The first kappa shape index (κ1) is 25.1. The van der Waals surface area contributed by atoms with Gasteiger partial charge in [0.2, 0.25) is 0 Å². The number of hydrogen-bond donors (Lipinski definition) is 3. The van der Waals surface area contributed by atoms with Gasteiger partial charge in [0.25, 0.3) is 0 Å². The first-order chi connectivity index (χ1) is 15.1. The molecule has 10 nitrogen and oxygen atoms in total. The van der Waals surface area contributed by atoms with Crippen molar-refractivity contribution >= 4 is 21.5 Å². The molecule has 176 valence electrons. The van der Waals surface area contributed by atoms with Crippen molar-refractivity contribution in [3.63, 3.8) is 0 Å². The molecule has 2 aromatic rings. The highest BCUT2D eigenvalue weighted by Gasteiger charge is 2.26. The minimum absolute atomic E-state index is 0.193. The topological polar surface area (TPSA) is 141 Å². The zero-order valence-corrected chi connectivity index (χ0v) is 19.1. The second-order valence-corrected chi connectivity index (χ2v) is 8.91. The largest absolute Gasteiger partial charge is 0.496 e. The molecular weight excluding hydrogens is 442 g/mol. The molecule has 1 atom stereocenters. The van der Waals surface area contributed by atoms with Crippen LogP contribution in [0.2, 0.25) is 0 Å². The Labute approximate surface area is 186 Å². The fraction of sp³-hybridized carbons (Fsp3) is 0.381. The predicted octanol–water partition coefficient (Wildman–Crippen LogP) is 1.87. The molecule has 0 aromatic heterocycles. The Morgan fingerprint density at radius 2 is 1.56 bits per heavy atom. The van der Waals surface area contributed by atoms with Crippen LogP contribution in [-0.2, 0) is 20.4 Å². The summed E-state index contributed by atoms with van der Waals surface area (Å²) in [6.07, 6.45) is -1.42. The molecule has 0 amide bonds. The third-order valence-electron chi connectivity index (χ3n) is 4.58. The number of hydrogen-bond acceptors (Lipinski definition) is 9. The van der Waals surface area contributed by atoms with Crippen molar-refractivity contribution in [2.75, 3.05) is 46.1 Å². The van der Waals surface area contributed by atoms with Gasteiger partial charge in [0.1, 0.15) is 35.6 Å². The Bertz CT molecular complexity index is 1030. The summed E-state index contributed by atoms with van der Waals surface area (Å²) in [5, 5.41) is 22.3. The third kappa shape index (κ3) is 6.41. The summed E-state index contributed by atoms with van der Waals surface area (Å²) in [6, 6.07) is 7.65. The average Bonchev–Trinajstić information content (AvgIpc) is 2.75. The highest BCUT2D eigenvalue weighted by molar-refractivity contribution is 7.90. The molecule has 0 aliphatic rings. The third-order valence-corrected chi connectivity index (χ3v) is 6.18. The lowest BCUT2D eigenvalue weighted by Gasteiger charge is -2.19. The maximum absolute atomic E-state index is 12.8. The number of benzene rings is 2. The van der Waals surface area contributed by atoms with Crippen LogP contribution in [0, 0.1) is 0 Å². The summed E-state index contributed by atoms with van der Waals surface area (Å²) in [5.41, 5.74) is 0.944. The van der Waals surface area contributed by atoms with E-state index in [1.807, 2.05) is 0 Å². The van der Waals surface area contributed by atoms with Crippen LogP contribution in [0.25, 0.3) is 0 Å². The number of carbonyl (C=O) groups is 1. The first-order valence-electron chi connectivity index (χ1n) is 9.45. The van der Waals surface area contributed by atoms with E-state index in [1.165, 1.54) is 46.6 Å². The van der Waals surface area contributed by atoms with E-state index in [-0.39, 0.29) is 29.4 Å². The number of aliphatic hydroxyl groups is 1. The number of carboxylic acid groups (broad SMARTS) is 1. The number of sulfone groups is 1. The summed E-state index contributed by atoms with van der Waals surface area (Å²) in [5.74, 6) is -0.776. The highest BCUT2D eigenvalue weighted by Crippen LogP contribution is 2.39. The fourth-order valence-electron chi connectivity index (χ4n) is 3.15.